The van der Waals surface area contributed by atoms with Crippen molar-refractivity contribution in [2.24, 2.45) is 4.99 Å². The second-order valence-corrected chi connectivity index (χ2v) is 5.85. The second kappa shape index (κ2) is 10.3. The van der Waals surface area contributed by atoms with Gasteiger partial charge in [-0.3, -0.25) is 4.79 Å². The van der Waals surface area contributed by atoms with Gasteiger partial charge in [-0.05, 0) is 31.5 Å². The van der Waals surface area contributed by atoms with Gasteiger partial charge < -0.3 is 20.5 Å². The van der Waals surface area contributed by atoms with Gasteiger partial charge in [-0.2, -0.15) is 0 Å². The molecule has 1 aromatic carbocycles. The van der Waals surface area contributed by atoms with Crippen LogP contribution >= 0.6 is 0 Å². The zero-order valence-electron chi connectivity index (χ0n) is 15.9. The van der Waals surface area contributed by atoms with Crippen LogP contribution in [0.5, 0.6) is 0 Å². The summed E-state index contributed by atoms with van der Waals surface area (Å²) in [7, 11) is 0. The largest absolute Gasteiger partial charge is 0.361 e. The van der Waals surface area contributed by atoms with E-state index in [1.807, 2.05) is 20.8 Å². The number of aliphatic imine (C=N–C) groups is 1. The van der Waals surface area contributed by atoms with Gasteiger partial charge >= 0.3 is 0 Å². The van der Waals surface area contributed by atoms with Gasteiger partial charge in [-0.15, -0.1) is 0 Å². The van der Waals surface area contributed by atoms with E-state index in [0.29, 0.717) is 24.7 Å². The van der Waals surface area contributed by atoms with Crippen molar-refractivity contribution in [3.63, 3.8) is 0 Å². The molecule has 2 rings (SSSR count). The smallest absolute Gasteiger partial charge is 0.243 e. The predicted molar refractivity (Wildman–Crippen MR) is 103 cm³/mol. The molecule has 1 amide bonds. The van der Waals surface area contributed by atoms with Crippen molar-refractivity contribution in [2.75, 3.05) is 18.4 Å². The Morgan fingerprint density at radius 2 is 2.04 bits per heavy atom. The van der Waals surface area contributed by atoms with E-state index in [4.69, 9.17) is 4.52 Å². The van der Waals surface area contributed by atoms with Crippen LogP contribution in [0.2, 0.25) is 0 Å². The summed E-state index contributed by atoms with van der Waals surface area (Å²) in [5.41, 5.74) is 2.30. The summed E-state index contributed by atoms with van der Waals surface area (Å²) in [5, 5.41) is 12.8. The summed E-state index contributed by atoms with van der Waals surface area (Å²) in [6, 6.07) is 5.76. The molecule has 0 atom stereocenters. The average molecular weight is 375 g/mol. The maximum atomic E-state index is 13.2. The summed E-state index contributed by atoms with van der Waals surface area (Å²) in [5.74, 6) is 0.648. The lowest BCUT2D eigenvalue weighted by atomic mass is 10.1. The Morgan fingerprint density at radius 1 is 1.22 bits per heavy atom. The molecule has 0 spiro atoms. The van der Waals surface area contributed by atoms with Crippen LogP contribution in [-0.4, -0.2) is 30.1 Å². The Bertz CT molecular complexity index is 767. The highest BCUT2D eigenvalue weighted by Crippen LogP contribution is 2.16. The van der Waals surface area contributed by atoms with E-state index >= 15 is 0 Å². The molecule has 27 heavy (non-hydrogen) atoms. The minimum Gasteiger partial charge on any atom is -0.361 e. The van der Waals surface area contributed by atoms with Gasteiger partial charge in [0.05, 0.1) is 18.8 Å². The van der Waals surface area contributed by atoms with Crippen molar-refractivity contribution in [2.45, 2.75) is 40.2 Å². The number of hydrogen-bond donors (Lipinski definition) is 3. The second-order valence-electron chi connectivity index (χ2n) is 5.85. The Balaban J connectivity index is 1.97. The van der Waals surface area contributed by atoms with Crippen molar-refractivity contribution in [1.29, 1.82) is 0 Å². The lowest BCUT2D eigenvalue weighted by Crippen LogP contribution is -2.41. The van der Waals surface area contributed by atoms with Crippen LogP contribution in [0, 0.1) is 5.82 Å². The maximum absolute atomic E-state index is 13.2. The molecule has 1 heterocycles. The zero-order valence-corrected chi connectivity index (χ0v) is 15.9. The van der Waals surface area contributed by atoms with E-state index in [2.05, 4.69) is 26.1 Å². The van der Waals surface area contributed by atoms with E-state index in [-0.39, 0.29) is 12.5 Å². The Kier molecular flexibility index (Phi) is 7.79. The van der Waals surface area contributed by atoms with E-state index in [9.17, 15) is 9.18 Å². The molecular formula is C19H26FN5O2. The third-order valence-corrected chi connectivity index (χ3v) is 3.87. The molecule has 3 N–H and O–H groups in total. The summed E-state index contributed by atoms with van der Waals surface area (Å²) in [6.07, 6.45) is 1.52. The molecule has 2 aromatic rings. The summed E-state index contributed by atoms with van der Waals surface area (Å²) in [4.78, 5) is 16.6. The highest BCUT2D eigenvalue weighted by molar-refractivity contribution is 5.94. The third kappa shape index (κ3) is 6.09. The highest BCUT2D eigenvalue weighted by atomic mass is 19.1. The van der Waals surface area contributed by atoms with Gasteiger partial charge in [-0.1, -0.05) is 25.1 Å². The SMILES string of the molecule is CCNC(=NCc1c(CC)noc1CC)NCC(=O)Nc1cccc(F)c1. The minimum absolute atomic E-state index is 0.00720. The van der Waals surface area contributed by atoms with Crippen LogP contribution in [0.4, 0.5) is 10.1 Å². The number of rotatable bonds is 8. The Morgan fingerprint density at radius 3 is 2.70 bits per heavy atom. The number of anilines is 1. The Hall–Kier alpha value is -2.90. The normalized spacial score (nSPS) is 11.3. The van der Waals surface area contributed by atoms with Crippen LogP contribution in [0.3, 0.4) is 0 Å². The number of guanidine groups is 1. The molecule has 0 aliphatic rings. The van der Waals surface area contributed by atoms with Crippen molar-refractivity contribution >= 4 is 17.6 Å². The first-order valence-electron chi connectivity index (χ1n) is 9.11. The number of benzene rings is 1. The fraction of sp³-hybridized carbons (Fsp3) is 0.421. The molecule has 0 aliphatic carbocycles. The number of nitrogens with one attached hydrogen (secondary N) is 3. The standard InChI is InChI=1S/C19H26FN5O2/c1-4-16-15(17(5-2)27-25-16)11-22-19(21-6-3)23-12-18(26)24-14-9-7-8-13(20)10-14/h7-10H,4-6,11-12H2,1-3H3,(H,24,26)(H2,21,22,23). The molecule has 0 saturated carbocycles. The molecule has 0 bridgehead atoms. The minimum atomic E-state index is -0.400. The first-order chi connectivity index (χ1) is 13.1. The van der Waals surface area contributed by atoms with Crippen LogP contribution in [0.15, 0.2) is 33.8 Å². The highest BCUT2D eigenvalue weighted by Gasteiger charge is 2.13. The van der Waals surface area contributed by atoms with Crippen molar-refractivity contribution < 1.29 is 13.7 Å². The quantitative estimate of drug-likeness (QED) is 0.487. The molecule has 7 nitrogen and oxygen atoms in total. The lowest BCUT2D eigenvalue weighted by molar-refractivity contribution is -0.115. The van der Waals surface area contributed by atoms with Gasteiger partial charge in [-0.25, -0.2) is 9.38 Å². The number of amides is 1. The van der Waals surface area contributed by atoms with Gasteiger partial charge in [0.2, 0.25) is 5.91 Å². The molecule has 8 heteroatoms. The number of hydrogen-bond acceptors (Lipinski definition) is 4. The number of aryl methyl sites for hydroxylation is 2. The molecule has 0 aliphatic heterocycles. The van der Waals surface area contributed by atoms with Crippen molar-refractivity contribution in [3.05, 3.63) is 47.1 Å². The molecule has 0 fully saturated rings. The average Bonchev–Trinajstić information content (AvgIpc) is 3.06. The first-order valence-corrected chi connectivity index (χ1v) is 9.11. The van der Waals surface area contributed by atoms with E-state index < -0.39 is 5.82 Å². The van der Waals surface area contributed by atoms with Gasteiger partial charge in [0, 0.05) is 24.2 Å². The number of carbonyl (C=O) groups excluding carboxylic acids is 1. The van der Waals surface area contributed by atoms with E-state index in [0.717, 1.165) is 29.9 Å². The molecule has 146 valence electrons. The monoisotopic (exact) mass is 375 g/mol. The van der Waals surface area contributed by atoms with Crippen LogP contribution in [0.1, 0.15) is 37.8 Å². The lowest BCUT2D eigenvalue weighted by Gasteiger charge is -2.11. The van der Waals surface area contributed by atoms with Crippen molar-refractivity contribution in [1.82, 2.24) is 15.8 Å². The number of carbonyl (C=O) groups is 1. The van der Waals surface area contributed by atoms with Crippen molar-refractivity contribution in [3.8, 4) is 0 Å². The fourth-order valence-corrected chi connectivity index (χ4v) is 2.55. The topological polar surface area (TPSA) is 91.6 Å². The first kappa shape index (κ1) is 20.4. The summed E-state index contributed by atoms with van der Waals surface area (Å²) in [6.45, 7) is 7.04. The van der Waals surface area contributed by atoms with Gasteiger partial charge in [0.15, 0.2) is 5.96 Å². The maximum Gasteiger partial charge on any atom is 0.243 e. The van der Waals surface area contributed by atoms with Crippen LogP contribution < -0.4 is 16.0 Å². The van der Waals surface area contributed by atoms with Gasteiger partial charge in [0.1, 0.15) is 11.6 Å². The van der Waals surface area contributed by atoms with Crippen LogP contribution in [-0.2, 0) is 24.2 Å². The predicted octanol–water partition coefficient (Wildman–Crippen LogP) is 2.63. The summed E-state index contributed by atoms with van der Waals surface area (Å²) < 4.78 is 18.5. The fourth-order valence-electron chi connectivity index (χ4n) is 2.55. The Labute approximate surface area is 158 Å². The molecule has 0 saturated heterocycles. The number of nitrogens with zero attached hydrogens (tertiary/aromatic N) is 2. The van der Waals surface area contributed by atoms with Crippen LogP contribution in [0.25, 0.3) is 0 Å². The van der Waals surface area contributed by atoms with Gasteiger partial charge in [0.25, 0.3) is 0 Å². The number of halogens is 1. The molecular weight excluding hydrogens is 349 g/mol. The molecule has 0 unspecified atom stereocenters. The molecule has 1 aromatic heterocycles. The van der Waals surface area contributed by atoms with E-state index in [1.54, 1.807) is 12.1 Å². The summed E-state index contributed by atoms with van der Waals surface area (Å²) >= 11 is 0. The zero-order chi connectivity index (χ0) is 19.6. The third-order valence-electron chi connectivity index (χ3n) is 3.87. The van der Waals surface area contributed by atoms with E-state index in [1.165, 1.54) is 12.1 Å². The number of aromatic nitrogens is 1. The molecule has 0 radical (unpaired) electrons.